The molecule has 1 amide bonds. The second-order valence-electron chi connectivity index (χ2n) is 7.15. The molecule has 1 saturated heterocycles. The van der Waals surface area contributed by atoms with Crippen molar-refractivity contribution >= 4 is 29.0 Å². The topological polar surface area (TPSA) is 75.9 Å². The monoisotopic (exact) mass is 450 g/mol. The maximum absolute atomic E-state index is 13.0. The van der Waals surface area contributed by atoms with Crippen LogP contribution in [0.1, 0.15) is 18.4 Å². The molecule has 31 heavy (non-hydrogen) atoms. The molecule has 1 aliphatic rings. The molecule has 7 nitrogen and oxygen atoms in total. The molecule has 3 heterocycles. The lowest BCUT2D eigenvalue weighted by Gasteiger charge is -2.33. The molecule has 0 radical (unpaired) electrons. The highest BCUT2D eigenvalue weighted by atomic mass is 35.5. The van der Waals surface area contributed by atoms with Gasteiger partial charge in [0, 0.05) is 31.5 Å². The number of amides is 1. The lowest BCUT2D eigenvalue weighted by atomic mass is 9.97. The minimum Gasteiger partial charge on any atom is -0.356 e. The summed E-state index contributed by atoms with van der Waals surface area (Å²) in [5.74, 6) is 0.433. The maximum atomic E-state index is 13.0. The second kappa shape index (κ2) is 8.54. The van der Waals surface area contributed by atoms with Gasteiger partial charge in [-0.05, 0) is 37.1 Å². The van der Waals surface area contributed by atoms with Gasteiger partial charge in [0.2, 0.25) is 5.91 Å². The average Bonchev–Trinajstić information content (AvgIpc) is 3.30. The fourth-order valence-corrected chi connectivity index (χ4v) is 3.64. The third kappa shape index (κ3) is 4.79. The molecule has 3 aromatic rings. The number of hydrogen-bond donors (Lipinski definition) is 1. The van der Waals surface area contributed by atoms with E-state index < -0.39 is 17.7 Å². The highest BCUT2D eigenvalue weighted by molar-refractivity contribution is 6.33. The predicted octanol–water partition coefficient (Wildman–Crippen LogP) is 4.19. The van der Waals surface area contributed by atoms with Gasteiger partial charge in [0.1, 0.15) is 12.1 Å². The number of nitrogens with one attached hydrogen (secondary N) is 1. The number of piperidine rings is 1. The van der Waals surface area contributed by atoms with Gasteiger partial charge in [0.15, 0.2) is 5.82 Å². The standard InChI is InChI=1S/C20H18ClF3N6O/c21-15-5-4-14(20(22,23)24)9-16(15)28-19(31)13-3-1-7-29(11-13)17-10-18(26-12-25-17)30-8-2-6-27-30/h2,4-6,8-10,12-13H,1,3,7,11H2,(H,28,31). The van der Waals surface area contributed by atoms with Crippen LogP contribution in [0.15, 0.2) is 49.1 Å². The molecule has 1 aromatic carbocycles. The maximum Gasteiger partial charge on any atom is 0.416 e. The molecule has 1 atom stereocenters. The molecule has 4 rings (SSSR count). The molecule has 11 heteroatoms. The van der Waals surface area contributed by atoms with Crippen molar-refractivity contribution in [2.24, 2.45) is 5.92 Å². The van der Waals surface area contributed by atoms with E-state index in [1.165, 1.54) is 6.33 Å². The zero-order chi connectivity index (χ0) is 22.0. The first kappa shape index (κ1) is 21.1. The Bertz CT molecular complexity index is 1070. The first-order valence-corrected chi connectivity index (χ1v) is 9.93. The number of benzene rings is 1. The van der Waals surface area contributed by atoms with Gasteiger partial charge >= 0.3 is 6.18 Å². The summed E-state index contributed by atoms with van der Waals surface area (Å²) >= 11 is 6.00. The van der Waals surface area contributed by atoms with Crippen LogP contribution in [0.25, 0.3) is 5.82 Å². The Morgan fingerprint density at radius 3 is 2.74 bits per heavy atom. The number of carbonyl (C=O) groups excluding carboxylic acids is 1. The van der Waals surface area contributed by atoms with Gasteiger partial charge in [-0.15, -0.1) is 0 Å². The van der Waals surface area contributed by atoms with Gasteiger partial charge in [-0.3, -0.25) is 4.79 Å². The molecule has 1 N–H and O–H groups in total. The first-order chi connectivity index (χ1) is 14.8. The van der Waals surface area contributed by atoms with E-state index in [1.54, 1.807) is 29.2 Å². The van der Waals surface area contributed by atoms with Crippen molar-refractivity contribution in [3.05, 3.63) is 59.6 Å². The summed E-state index contributed by atoms with van der Waals surface area (Å²) in [6.45, 7) is 1.07. The summed E-state index contributed by atoms with van der Waals surface area (Å²) in [6, 6.07) is 6.41. The number of carbonyl (C=O) groups is 1. The number of anilines is 2. The summed E-state index contributed by atoms with van der Waals surface area (Å²) in [7, 11) is 0. The molecule has 0 spiro atoms. The zero-order valence-corrected chi connectivity index (χ0v) is 16.9. The Hall–Kier alpha value is -3.14. The summed E-state index contributed by atoms with van der Waals surface area (Å²) in [6.07, 6.45) is 1.65. The molecule has 1 aliphatic heterocycles. The minimum atomic E-state index is -4.52. The molecule has 0 bridgehead atoms. The fourth-order valence-electron chi connectivity index (χ4n) is 3.47. The molecule has 2 aromatic heterocycles. The van der Waals surface area contributed by atoms with Crippen LogP contribution in [0.5, 0.6) is 0 Å². The van der Waals surface area contributed by atoms with Crippen LogP contribution < -0.4 is 10.2 Å². The van der Waals surface area contributed by atoms with Crippen LogP contribution in [-0.4, -0.2) is 38.7 Å². The zero-order valence-electron chi connectivity index (χ0n) is 16.2. The van der Waals surface area contributed by atoms with Gasteiger partial charge in [0.05, 0.1) is 22.2 Å². The van der Waals surface area contributed by atoms with Gasteiger partial charge in [-0.25, -0.2) is 14.6 Å². The quantitative estimate of drug-likeness (QED) is 0.645. The van der Waals surface area contributed by atoms with Crippen molar-refractivity contribution < 1.29 is 18.0 Å². The van der Waals surface area contributed by atoms with Gasteiger partial charge in [-0.2, -0.15) is 18.3 Å². The van der Waals surface area contributed by atoms with Crippen molar-refractivity contribution in [3.63, 3.8) is 0 Å². The molecule has 0 aliphatic carbocycles. The normalized spacial score (nSPS) is 16.9. The summed E-state index contributed by atoms with van der Waals surface area (Å²) in [4.78, 5) is 23.2. The van der Waals surface area contributed by atoms with E-state index >= 15 is 0 Å². The van der Waals surface area contributed by atoms with E-state index in [2.05, 4.69) is 20.4 Å². The van der Waals surface area contributed by atoms with Gasteiger partial charge < -0.3 is 10.2 Å². The fraction of sp³-hybridized carbons (Fsp3) is 0.300. The number of alkyl halides is 3. The Balaban J connectivity index is 1.48. The van der Waals surface area contributed by atoms with Crippen molar-refractivity contribution in [3.8, 4) is 5.82 Å². The number of nitrogens with zero attached hydrogens (tertiary/aromatic N) is 5. The number of aromatic nitrogens is 4. The van der Waals surface area contributed by atoms with Crippen molar-refractivity contribution in [2.45, 2.75) is 19.0 Å². The minimum absolute atomic E-state index is 0.0497. The van der Waals surface area contributed by atoms with Crippen molar-refractivity contribution in [1.29, 1.82) is 0 Å². The third-order valence-electron chi connectivity index (χ3n) is 5.05. The van der Waals surface area contributed by atoms with E-state index in [9.17, 15) is 18.0 Å². The number of halogens is 4. The van der Waals surface area contributed by atoms with E-state index in [1.807, 2.05) is 4.90 Å². The van der Waals surface area contributed by atoms with Crippen molar-refractivity contribution in [2.75, 3.05) is 23.3 Å². The Morgan fingerprint density at radius 2 is 2.00 bits per heavy atom. The van der Waals surface area contributed by atoms with E-state index in [4.69, 9.17) is 11.6 Å². The smallest absolute Gasteiger partial charge is 0.356 e. The van der Waals surface area contributed by atoms with Crippen LogP contribution in [0.3, 0.4) is 0 Å². The van der Waals surface area contributed by atoms with Crippen LogP contribution in [0.4, 0.5) is 24.7 Å². The van der Waals surface area contributed by atoms with Crippen molar-refractivity contribution in [1.82, 2.24) is 19.7 Å². The highest BCUT2D eigenvalue weighted by Gasteiger charge is 2.32. The Labute approximate surface area is 180 Å². The van der Waals surface area contributed by atoms with Crippen LogP contribution in [-0.2, 0) is 11.0 Å². The van der Waals surface area contributed by atoms with E-state index in [0.717, 1.165) is 24.6 Å². The lowest BCUT2D eigenvalue weighted by molar-refractivity contribution is -0.137. The van der Waals surface area contributed by atoms with Crippen LogP contribution >= 0.6 is 11.6 Å². The van der Waals surface area contributed by atoms with E-state index in [0.29, 0.717) is 31.1 Å². The van der Waals surface area contributed by atoms with Gasteiger partial charge in [-0.1, -0.05) is 11.6 Å². The largest absolute Gasteiger partial charge is 0.416 e. The number of hydrogen-bond acceptors (Lipinski definition) is 5. The lowest BCUT2D eigenvalue weighted by Crippen LogP contribution is -2.41. The SMILES string of the molecule is O=C(Nc1cc(C(F)(F)F)ccc1Cl)C1CCCN(c2cc(-n3cccn3)ncn2)C1. The predicted molar refractivity (Wildman–Crippen MR) is 109 cm³/mol. The van der Waals surface area contributed by atoms with Gasteiger partial charge in [0.25, 0.3) is 0 Å². The Morgan fingerprint density at radius 1 is 1.19 bits per heavy atom. The average molecular weight is 451 g/mol. The molecule has 1 fully saturated rings. The molecular formula is C20H18ClF3N6O. The first-order valence-electron chi connectivity index (χ1n) is 9.56. The molecule has 162 valence electrons. The third-order valence-corrected chi connectivity index (χ3v) is 5.37. The second-order valence-corrected chi connectivity index (χ2v) is 7.56. The van der Waals surface area contributed by atoms with Crippen LogP contribution in [0.2, 0.25) is 5.02 Å². The molecule has 1 unspecified atom stereocenters. The summed E-state index contributed by atoms with van der Waals surface area (Å²) in [5, 5.41) is 6.75. The van der Waals surface area contributed by atoms with E-state index in [-0.39, 0.29) is 16.6 Å². The highest BCUT2D eigenvalue weighted by Crippen LogP contribution is 2.34. The molecular weight excluding hydrogens is 433 g/mol. The van der Waals surface area contributed by atoms with Crippen LogP contribution in [0, 0.1) is 5.92 Å². The summed E-state index contributed by atoms with van der Waals surface area (Å²) in [5.41, 5.74) is -0.925. The summed E-state index contributed by atoms with van der Waals surface area (Å²) < 4.78 is 40.6. The number of rotatable bonds is 4. The molecule has 0 saturated carbocycles. The Kier molecular flexibility index (Phi) is 5.81.